The zero-order chi connectivity index (χ0) is 14.4. The summed E-state index contributed by atoms with van der Waals surface area (Å²) in [5, 5.41) is 3.66. The first-order valence-electron chi connectivity index (χ1n) is 6.43. The molecular weight excluding hydrogens is 272 g/mol. The summed E-state index contributed by atoms with van der Waals surface area (Å²) in [7, 11) is 0. The van der Waals surface area contributed by atoms with Crippen LogP contribution in [0.2, 0.25) is 5.02 Å². The van der Waals surface area contributed by atoms with Crippen molar-refractivity contribution in [1.29, 1.82) is 0 Å². The molecule has 3 N–H and O–H groups in total. The highest BCUT2D eigenvalue weighted by atomic mass is 35.5. The number of nitrogens with zero attached hydrogens (tertiary/aromatic N) is 2. The Bertz CT molecular complexity index is 576. The van der Waals surface area contributed by atoms with Gasteiger partial charge in [-0.05, 0) is 36.2 Å². The maximum Gasteiger partial charge on any atom is 0.193 e. The van der Waals surface area contributed by atoms with Gasteiger partial charge in [0, 0.05) is 11.9 Å². The molecule has 0 atom stereocenters. The summed E-state index contributed by atoms with van der Waals surface area (Å²) in [6.07, 6.45) is 2.62. The van der Waals surface area contributed by atoms with E-state index in [9.17, 15) is 0 Å². The lowest BCUT2D eigenvalue weighted by Gasteiger charge is -2.06. The smallest absolute Gasteiger partial charge is 0.193 e. The molecule has 20 heavy (non-hydrogen) atoms. The third-order valence-electron chi connectivity index (χ3n) is 2.83. The lowest BCUT2D eigenvalue weighted by atomic mass is 10.1. The van der Waals surface area contributed by atoms with Gasteiger partial charge in [-0.3, -0.25) is 4.98 Å². The second-order valence-corrected chi connectivity index (χ2v) is 4.78. The maximum atomic E-state index is 5.84. The van der Waals surface area contributed by atoms with Crippen LogP contribution in [0.1, 0.15) is 18.2 Å². The average Bonchev–Trinajstić information content (AvgIpc) is 2.47. The molecule has 0 aliphatic carbocycles. The van der Waals surface area contributed by atoms with Gasteiger partial charge in [0.1, 0.15) is 0 Å². The summed E-state index contributed by atoms with van der Waals surface area (Å²) in [6, 6.07) is 11.7. The molecule has 0 aliphatic heterocycles. The van der Waals surface area contributed by atoms with E-state index in [1.807, 2.05) is 18.2 Å². The number of anilines is 1. The van der Waals surface area contributed by atoms with Crippen LogP contribution in [-0.4, -0.2) is 10.9 Å². The second kappa shape index (κ2) is 6.91. The number of aliphatic imine (C=N–C) groups is 1. The predicted octanol–water partition coefficient (Wildman–Crippen LogP) is 3.22. The van der Waals surface area contributed by atoms with Crippen molar-refractivity contribution >= 4 is 23.2 Å². The van der Waals surface area contributed by atoms with Crippen LogP contribution >= 0.6 is 11.6 Å². The summed E-state index contributed by atoms with van der Waals surface area (Å²) in [5.74, 6) is 0.367. The van der Waals surface area contributed by atoms with E-state index in [1.54, 1.807) is 12.3 Å². The highest BCUT2D eigenvalue weighted by Crippen LogP contribution is 2.10. The first kappa shape index (κ1) is 14.3. The Morgan fingerprint density at radius 1 is 1.25 bits per heavy atom. The van der Waals surface area contributed by atoms with Gasteiger partial charge in [0.05, 0.1) is 17.3 Å². The van der Waals surface area contributed by atoms with Crippen LogP contribution < -0.4 is 11.1 Å². The molecule has 1 aromatic carbocycles. The minimum absolute atomic E-state index is 0.367. The molecule has 1 heterocycles. The lowest BCUT2D eigenvalue weighted by Crippen LogP contribution is -2.22. The molecule has 4 nitrogen and oxygen atoms in total. The van der Waals surface area contributed by atoms with E-state index in [0.717, 1.165) is 17.8 Å². The standard InChI is InChI=1S/C15H17ClN4/c1-2-11-3-6-13(7-4-11)20-15(17)19-10-14-8-5-12(16)9-18-14/h3-9H,2,10H2,1H3,(H3,17,19,20). The van der Waals surface area contributed by atoms with Crippen molar-refractivity contribution in [2.75, 3.05) is 5.32 Å². The zero-order valence-corrected chi connectivity index (χ0v) is 12.1. The SMILES string of the molecule is CCc1ccc(NC(N)=NCc2ccc(Cl)cn2)cc1. The molecule has 1 aromatic heterocycles. The van der Waals surface area contributed by atoms with E-state index in [-0.39, 0.29) is 0 Å². The Balaban J connectivity index is 1.94. The number of hydrogen-bond donors (Lipinski definition) is 2. The van der Waals surface area contributed by atoms with Crippen LogP contribution in [0.3, 0.4) is 0 Å². The monoisotopic (exact) mass is 288 g/mol. The molecule has 2 rings (SSSR count). The molecule has 0 fully saturated rings. The predicted molar refractivity (Wildman–Crippen MR) is 84.0 cm³/mol. The minimum atomic E-state index is 0.367. The largest absolute Gasteiger partial charge is 0.370 e. The van der Waals surface area contributed by atoms with Gasteiger partial charge in [0.15, 0.2) is 5.96 Å². The minimum Gasteiger partial charge on any atom is -0.370 e. The number of rotatable bonds is 4. The number of nitrogens with one attached hydrogen (secondary N) is 1. The third-order valence-corrected chi connectivity index (χ3v) is 3.06. The zero-order valence-electron chi connectivity index (χ0n) is 11.3. The highest BCUT2D eigenvalue weighted by Gasteiger charge is 1.97. The Hall–Kier alpha value is -2.07. The lowest BCUT2D eigenvalue weighted by molar-refractivity contribution is 0.985. The van der Waals surface area contributed by atoms with Gasteiger partial charge in [-0.15, -0.1) is 0 Å². The van der Waals surface area contributed by atoms with Gasteiger partial charge in [0.25, 0.3) is 0 Å². The third kappa shape index (κ3) is 4.24. The highest BCUT2D eigenvalue weighted by molar-refractivity contribution is 6.30. The number of guanidine groups is 1. The van der Waals surface area contributed by atoms with Crippen molar-refractivity contribution in [2.24, 2.45) is 10.7 Å². The summed E-state index contributed by atoms with van der Waals surface area (Å²) in [4.78, 5) is 8.40. The van der Waals surface area contributed by atoms with Crippen LogP contribution in [0.25, 0.3) is 0 Å². The van der Waals surface area contributed by atoms with Gasteiger partial charge < -0.3 is 11.1 Å². The quantitative estimate of drug-likeness (QED) is 0.671. The number of hydrogen-bond acceptors (Lipinski definition) is 2. The number of benzene rings is 1. The van der Waals surface area contributed by atoms with Crippen molar-refractivity contribution in [3.8, 4) is 0 Å². The molecule has 0 spiro atoms. The van der Waals surface area contributed by atoms with Gasteiger partial charge in [-0.25, -0.2) is 4.99 Å². The van der Waals surface area contributed by atoms with Gasteiger partial charge in [0.2, 0.25) is 0 Å². The molecule has 0 aliphatic rings. The number of halogens is 1. The van der Waals surface area contributed by atoms with E-state index >= 15 is 0 Å². The van der Waals surface area contributed by atoms with Crippen LogP contribution in [0.4, 0.5) is 5.69 Å². The summed E-state index contributed by atoms with van der Waals surface area (Å²) in [5.41, 5.74) is 8.87. The molecule has 0 amide bonds. The van der Waals surface area contributed by atoms with E-state index < -0.39 is 0 Å². The van der Waals surface area contributed by atoms with Crippen LogP contribution in [0.15, 0.2) is 47.6 Å². The topological polar surface area (TPSA) is 63.3 Å². The van der Waals surface area contributed by atoms with Crippen molar-refractivity contribution in [1.82, 2.24) is 4.98 Å². The number of aromatic nitrogens is 1. The fraction of sp³-hybridized carbons (Fsp3) is 0.200. The number of pyridine rings is 1. The Morgan fingerprint density at radius 2 is 2.00 bits per heavy atom. The molecule has 5 heteroatoms. The van der Waals surface area contributed by atoms with E-state index in [4.69, 9.17) is 17.3 Å². The molecule has 0 saturated carbocycles. The molecule has 104 valence electrons. The van der Waals surface area contributed by atoms with Crippen molar-refractivity contribution in [3.63, 3.8) is 0 Å². The Morgan fingerprint density at radius 3 is 2.60 bits per heavy atom. The fourth-order valence-electron chi connectivity index (χ4n) is 1.68. The van der Waals surface area contributed by atoms with Crippen LogP contribution in [-0.2, 0) is 13.0 Å². The molecule has 0 bridgehead atoms. The number of aryl methyl sites for hydroxylation is 1. The first-order chi connectivity index (χ1) is 9.67. The van der Waals surface area contributed by atoms with E-state index in [0.29, 0.717) is 17.5 Å². The average molecular weight is 289 g/mol. The summed E-state index contributed by atoms with van der Waals surface area (Å²) >= 11 is 5.77. The van der Waals surface area contributed by atoms with Crippen LogP contribution in [0.5, 0.6) is 0 Å². The summed E-state index contributed by atoms with van der Waals surface area (Å²) in [6.45, 7) is 2.54. The van der Waals surface area contributed by atoms with E-state index in [1.165, 1.54) is 5.56 Å². The number of nitrogens with two attached hydrogens (primary N) is 1. The molecular formula is C15H17ClN4. The van der Waals surface area contributed by atoms with Crippen LogP contribution in [0, 0.1) is 0 Å². The van der Waals surface area contributed by atoms with Gasteiger partial charge in [-0.1, -0.05) is 30.7 Å². The molecule has 0 unspecified atom stereocenters. The second-order valence-electron chi connectivity index (χ2n) is 4.34. The normalized spacial score (nSPS) is 11.4. The van der Waals surface area contributed by atoms with Gasteiger partial charge >= 0.3 is 0 Å². The van der Waals surface area contributed by atoms with Crippen molar-refractivity contribution in [3.05, 3.63) is 58.9 Å². The first-order valence-corrected chi connectivity index (χ1v) is 6.81. The van der Waals surface area contributed by atoms with Crippen molar-refractivity contribution in [2.45, 2.75) is 19.9 Å². The van der Waals surface area contributed by atoms with Crippen molar-refractivity contribution < 1.29 is 0 Å². The fourth-order valence-corrected chi connectivity index (χ4v) is 1.79. The molecule has 2 aromatic rings. The maximum absolute atomic E-state index is 5.84. The Labute approximate surface area is 123 Å². The van der Waals surface area contributed by atoms with Gasteiger partial charge in [-0.2, -0.15) is 0 Å². The Kier molecular flexibility index (Phi) is 4.96. The van der Waals surface area contributed by atoms with E-state index in [2.05, 4.69) is 34.3 Å². The molecule has 0 radical (unpaired) electrons. The molecule has 0 saturated heterocycles. The summed E-state index contributed by atoms with van der Waals surface area (Å²) < 4.78 is 0.